The lowest BCUT2D eigenvalue weighted by molar-refractivity contribution is -0.124. The summed E-state index contributed by atoms with van der Waals surface area (Å²) in [5.74, 6) is 0.0620. The number of ether oxygens (including phenoxy) is 3. The fourth-order valence-corrected chi connectivity index (χ4v) is 4.28. The molecule has 0 aliphatic heterocycles. The molecule has 0 saturated carbocycles. The van der Waals surface area contributed by atoms with Crippen molar-refractivity contribution in [1.82, 2.24) is 10.7 Å². The zero-order valence-electron chi connectivity index (χ0n) is 23.8. The molecule has 1 atom stereocenters. The molecule has 0 saturated heterocycles. The molecule has 0 aliphatic rings. The Bertz CT molecular complexity index is 1520. The van der Waals surface area contributed by atoms with E-state index >= 15 is 0 Å². The van der Waals surface area contributed by atoms with E-state index in [-0.39, 0.29) is 13.2 Å². The van der Waals surface area contributed by atoms with Gasteiger partial charge >= 0.3 is 6.09 Å². The van der Waals surface area contributed by atoms with Gasteiger partial charge in [0.25, 0.3) is 5.91 Å². The first-order valence-electron chi connectivity index (χ1n) is 13.5. The highest BCUT2D eigenvalue weighted by Crippen LogP contribution is 2.27. The molecule has 0 fully saturated rings. The smallest absolute Gasteiger partial charge is 0.408 e. The number of nitrogens with zero attached hydrogens (tertiary/aromatic N) is 1. The Morgan fingerprint density at radius 2 is 1.57 bits per heavy atom. The van der Waals surface area contributed by atoms with Crippen molar-refractivity contribution >= 4 is 44.9 Å². The van der Waals surface area contributed by atoms with Gasteiger partial charge in [-0.1, -0.05) is 88.7 Å². The number of amides is 2. The van der Waals surface area contributed by atoms with Crippen molar-refractivity contribution in [3.05, 3.63) is 112 Å². The Labute approximate surface area is 254 Å². The fraction of sp³-hybridized carbons (Fsp3) is 0.242. The average molecular weight is 633 g/mol. The van der Waals surface area contributed by atoms with Gasteiger partial charge in [0, 0.05) is 10.0 Å². The van der Waals surface area contributed by atoms with Crippen LogP contribution < -0.4 is 15.5 Å². The van der Waals surface area contributed by atoms with Crippen LogP contribution in [0.25, 0.3) is 10.8 Å². The molecule has 218 valence electrons. The highest BCUT2D eigenvalue weighted by Gasteiger charge is 2.24. The SMILES string of the molecule is CC(C)(C)OC(=O)N[C@@H](COCc1ccccc1)C(=O)N/N=C\c1c(OCc2ccc(Br)cc2)ccc2ccccc12. The summed E-state index contributed by atoms with van der Waals surface area (Å²) in [4.78, 5) is 25.6. The molecule has 4 rings (SSSR count). The summed E-state index contributed by atoms with van der Waals surface area (Å²) in [7, 11) is 0. The van der Waals surface area contributed by atoms with Crippen LogP contribution >= 0.6 is 15.9 Å². The van der Waals surface area contributed by atoms with Gasteiger partial charge < -0.3 is 19.5 Å². The van der Waals surface area contributed by atoms with Crippen LogP contribution in [0.3, 0.4) is 0 Å². The van der Waals surface area contributed by atoms with E-state index in [9.17, 15) is 9.59 Å². The van der Waals surface area contributed by atoms with Crippen LogP contribution in [0.4, 0.5) is 4.79 Å². The molecule has 42 heavy (non-hydrogen) atoms. The van der Waals surface area contributed by atoms with E-state index in [1.807, 2.05) is 91.0 Å². The first kappa shape index (κ1) is 30.7. The zero-order chi connectivity index (χ0) is 30.0. The Balaban J connectivity index is 1.48. The van der Waals surface area contributed by atoms with Crippen molar-refractivity contribution in [3.8, 4) is 5.75 Å². The molecule has 0 spiro atoms. The second kappa shape index (κ2) is 14.6. The fourth-order valence-electron chi connectivity index (χ4n) is 4.02. The molecular formula is C33H34BrN3O5. The van der Waals surface area contributed by atoms with Gasteiger partial charge in [-0.25, -0.2) is 10.2 Å². The molecule has 2 N–H and O–H groups in total. The van der Waals surface area contributed by atoms with Gasteiger partial charge in [0.2, 0.25) is 0 Å². The van der Waals surface area contributed by atoms with Gasteiger partial charge in [-0.2, -0.15) is 5.10 Å². The maximum absolute atomic E-state index is 13.2. The third-order valence-corrected chi connectivity index (χ3v) is 6.54. The minimum absolute atomic E-state index is 0.0781. The normalized spacial score (nSPS) is 12.2. The largest absolute Gasteiger partial charge is 0.488 e. The van der Waals surface area contributed by atoms with Crippen LogP contribution in [0, 0.1) is 0 Å². The van der Waals surface area contributed by atoms with Crippen LogP contribution in [0.2, 0.25) is 0 Å². The van der Waals surface area contributed by atoms with E-state index in [1.54, 1.807) is 27.0 Å². The zero-order valence-corrected chi connectivity index (χ0v) is 25.4. The van der Waals surface area contributed by atoms with Gasteiger partial charge in [-0.3, -0.25) is 4.79 Å². The number of nitrogens with one attached hydrogen (secondary N) is 2. The van der Waals surface area contributed by atoms with Crippen LogP contribution in [-0.4, -0.2) is 36.5 Å². The summed E-state index contributed by atoms with van der Waals surface area (Å²) in [6, 6.07) is 28.1. The minimum Gasteiger partial charge on any atom is -0.488 e. The Morgan fingerprint density at radius 3 is 2.31 bits per heavy atom. The number of rotatable bonds is 11. The van der Waals surface area contributed by atoms with Gasteiger partial charge in [0.05, 0.1) is 19.4 Å². The highest BCUT2D eigenvalue weighted by molar-refractivity contribution is 9.10. The lowest BCUT2D eigenvalue weighted by Crippen LogP contribution is -2.49. The summed E-state index contributed by atoms with van der Waals surface area (Å²) >= 11 is 3.45. The molecule has 4 aromatic carbocycles. The van der Waals surface area contributed by atoms with Crippen molar-refractivity contribution < 1.29 is 23.8 Å². The lowest BCUT2D eigenvalue weighted by Gasteiger charge is -2.23. The molecule has 2 amide bonds. The first-order chi connectivity index (χ1) is 20.2. The Kier molecular flexibility index (Phi) is 10.7. The molecular weight excluding hydrogens is 598 g/mol. The quantitative estimate of drug-likeness (QED) is 0.141. The molecule has 0 aliphatic carbocycles. The molecule has 0 aromatic heterocycles. The van der Waals surface area contributed by atoms with Gasteiger partial charge in [-0.15, -0.1) is 0 Å². The minimum atomic E-state index is -1.04. The van der Waals surface area contributed by atoms with E-state index in [0.717, 1.165) is 26.4 Å². The standard InChI is InChI=1S/C33H34BrN3O5/c1-33(2,3)42-32(39)36-29(22-40-20-23-9-5-4-6-10-23)31(38)37-35-19-28-27-12-8-7-11-25(27)15-18-30(28)41-21-24-13-16-26(34)17-14-24/h4-19,29H,20-22H2,1-3H3,(H,36,39)(H,37,38)/b35-19-/t29-/m0/s1. The molecule has 8 nitrogen and oxygen atoms in total. The number of alkyl carbamates (subject to hydrolysis) is 1. The topological polar surface area (TPSA) is 98.2 Å². The number of carbonyl (C=O) groups excluding carboxylic acids is 2. The summed E-state index contributed by atoms with van der Waals surface area (Å²) in [6.07, 6.45) is 0.819. The van der Waals surface area contributed by atoms with Crippen molar-refractivity contribution in [2.45, 2.75) is 45.6 Å². The highest BCUT2D eigenvalue weighted by atomic mass is 79.9. The number of hydrogen-bond acceptors (Lipinski definition) is 6. The summed E-state index contributed by atoms with van der Waals surface area (Å²) in [5.41, 5.74) is 4.47. The van der Waals surface area contributed by atoms with E-state index < -0.39 is 23.6 Å². The van der Waals surface area contributed by atoms with Crippen molar-refractivity contribution in [3.63, 3.8) is 0 Å². The van der Waals surface area contributed by atoms with Crippen LogP contribution in [0.15, 0.2) is 101 Å². The van der Waals surface area contributed by atoms with Gasteiger partial charge in [0.1, 0.15) is 24.0 Å². The Morgan fingerprint density at radius 1 is 0.881 bits per heavy atom. The third kappa shape index (κ3) is 9.43. The van der Waals surface area contributed by atoms with Gasteiger partial charge in [0.15, 0.2) is 0 Å². The monoisotopic (exact) mass is 631 g/mol. The summed E-state index contributed by atoms with van der Waals surface area (Å²) < 4.78 is 18.2. The van der Waals surface area contributed by atoms with E-state index in [1.165, 1.54) is 0 Å². The second-order valence-electron chi connectivity index (χ2n) is 10.5. The number of benzene rings is 4. The molecule has 0 radical (unpaired) electrons. The summed E-state index contributed by atoms with van der Waals surface area (Å²) in [6.45, 7) is 5.80. The van der Waals surface area contributed by atoms with E-state index in [2.05, 4.69) is 31.8 Å². The van der Waals surface area contributed by atoms with E-state index in [0.29, 0.717) is 17.9 Å². The third-order valence-electron chi connectivity index (χ3n) is 6.01. The number of hydrazone groups is 1. The van der Waals surface area contributed by atoms with Gasteiger partial charge in [-0.05, 0) is 60.9 Å². The second-order valence-corrected chi connectivity index (χ2v) is 11.5. The predicted octanol–water partition coefficient (Wildman–Crippen LogP) is 6.74. The predicted molar refractivity (Wildman–Crippen MR) is 167 cm³/mol. The van der Waals surface area contributed by atoms with E-state index in [4.69, 9.17) is 14.2 Å². The van der Waals surface area contributed by atoms with Crippen LogP contribution in [0.5, 0.6) is 5.75 Å². The molecule has 0 unspecified atom stereocenters. The number of halogens is 1. The maximum Gasteiger partial charge on any atom is 0.408 e. The first-order valence-corrected chi connectivity index (χ1v) is 14.3. The average Bonchev–Trinajstić information content (AvgIpc) is 2.96. The molecule has 9 heteroatoms. The molecule has 4 aromatic rings. The summed E-state index contributed by atoms with van der Waals surface area (Å²) in [5, 5.41) is 8.74. The van der Waals surface area contributed by atoms with Crippen molar-refractivity contribution in [1.29, 1.82) is 0 Å². The number of carbonyl (C=O) groups is 2. The van der Waals surface area contributed by atoms with Crippen LogP contribution in [-0.2, 0) is 27.5 Å². The van der Waals surface area contributed by atoms with Crippen LogP contribution in [0.1, 0.15) is 37.5 Å². The van der Waals surface area contributed by atoms with Crippen molar-refractivity contribution in [2.75, 3.05) is 6.61 Å². The maximum atomic E-state index is 13.2. The molecule has 0 bridgehead atoms. The number of fused-ring (bicyclic) bond motifs is 1. The van der Waals surface area contributed by atoms with Crippen molar-refractivity contribution in [2.24, 2.45) is 5.10 Å². The Hall–Kier alpha value is -4.21. The molecule has 0 heterocycles. The number of hydrogen-bond donors (Lipinski definition) is 2. The lowest BCUT2D eigenvalue weighted by atomic mass is 10.0.